The topological polar surface area (TPSA) is 29.5 Å². The molecule has 1 aromatic rings. The third-order valence-electron chi connectivity index (χ3n) is 1.73. The molecule has 0 aliphatic heterocycles. The Labute approximate surface area is 77.0 Å². The Hall–Kier alpha value is -1.09. The Morgan fingerprint density at radius 3 is 2.77 bits per heavy atom. The molecule has 72 valence electrons. The molecule has 3 heteroatoms. The van der Waals surface area contributed by atoms with Crippen LogP contribution in [0.3, 0.4) is 0 Å². The predicted molar refractivity (Wildman–Crippen MR) is 48.2 cm³/mol. The van der Waals surface area contributed by atoms with Gasteiger partial charge in [0.25, 0.3) is 0 Å². The highest BCUT2D eigenvalue weighted by atomic mass is 19.1. The number of benzene rings is 1. The maximum absolute atomic E-state index is 13.2. The van der Waals surface area contributed by atoms with Crippen molar-refractivity contribution in [2.75, 3.05) is 6.61 Å². The van der Waals surface area contributed by atoms with Gasteiger partial charge < -0.3 is 9.84 Å². The Morgan fingerprint density at radius 2 is 2.23 bits per heavy atom. The van der Waals surface area contributed by atoms with Crippen molar-refractivity contribution in [3.05, 3.63) is 29.6 Å². The molecule has 0 fully saturated rings. The van der Waals surface area contributed by atoms with Gasteiger partial charge in [0.1, 0.15) is 11.6 Å². The van der Waals surface area contributed by atoms with Crippen LogP contribution < -0.4 is 4.74 Å². The molecule has 0 saturated carbocycles. The Balaban J connectivity index is 3.10. The monoisotopic (exact) mass is 184 g/mol. The van der Waals surface area contributed by atoms with Gasteiger partial charge >= 0.3 is 0 Å². The van der Waals surface area contributed by atoms with E-state index in [0.29, 0.717) is 12.4 Å². The van der Waals surface area contributed by atoms with Crippen LogP contribution in [0.2, 0.25) is 0 Å². The summed E-state index contributed by atoms with van der Waals surface area (Å²) in [5, 5.41) is 9.29. The van der Waals surface area contributed by atoms with Gasteiger partial charge in [-0.3, -0.25) is 0 Å². The number of halogens is 1. The van der Waals surface area contributed by atoms with E-state index in [1.165, 1.54) is 13.0 Å². The summed E-state index contributed by atoms with van der Waals surface area (Å²) < 4.78 is 18.4. The van der Waals surface area contributed by atoms with Crippen molar-refractivity contribution >= 4 is 0 Å². The fraction of sp³-hybridized carbons (Fsp3) is 0.400. The summed E-state index contributed by atoms with van der Waals surface area (Å²) in [4.78, 5) is 0. The molecule has 1 rings (SSSR count). The molecule has 13 heavy (non-hydrogen) atoms. The third kappa shape index (κ3) is 2.18. The van der Waals surface area contributed by atoms with Crippen molar-refractivity contribution in [1.29, 1.82) is 0 Å². The average Bonchev–Trinajstić information content (AvgIpc) is 2.04. The lowest BCUT2D eigenvalue weighted by atomic mass is 10.1. The number of rotatable bonds is 3. The molecule has 1 unspecified atom stereocenters. The minimum Gasteiger partial charge on any atom is -0.493 e. The Bertz CT molecular complexity index is 284. The maximum atomic E-state index is 13.2. The van der Waals surface area contributed by atoms with Crippen molar-refractivity contribution in [3.63, 3.8) is 0 Å². The van der Waals surface area contributed by atoms with Gasteiger partial charge in [0, 0.05) is 0 Å². The highest BCUT2D eigenvalue weighted by Gasteiger charge is 2.13. The summed E-state index contributed by atoms with van der Waals surface area (Å²) in [5.41, 5.74) is 0.226. The first kappa shape index (κ1) is 9.99. The van der Waals surface area contributed by atoms with Gasteiger partial charge in [-0.25, -0.2) is 4.39 Å². The average molecular weight is 184 g/mol. The molecule has 1 N–H and O–H groups in total. The highest BCUT2D eigenvalue weighted by molar-refractivity contribution is 5.36. The van der Waals surface area contributed by atoms with E-state index in [2.05, 4.69) is 0 Å². The van der Waals surface area contributed by atoms with Gasteiger partial charge in [-0.05, 0) is 26.0 Å². The highest BCUT2D eigenvalue weighted by Crippen LogP contribution is 2.27. The molecule has 0 aromatic heterocycles. The molecule has 0 radical (unpaired) electrons. The third-order valence-corrected chi connectivity index (χ3v) is 1.73. The maximum Gasteiger partial charge on any atom is 0.132 e. The normalized spacial score (nSPS) is 12.6. The lowest BCUT2D eigenvalue weighted by Crippen LogP contribution is -2.02. The molecule has 1 atom stereocenters. The molecular weight excluding hydrogens is 171 g/mol. The summed E-state index contributed by atoms with van der Waals surface area (Å²) in [7, 11) is 0. The SMILES string of the molecule is CCOc1cccc(F)c1C(C)O. The first-order valence-electron chi connectivity index (χ1n) is 4.26. The summed E-state index contributed by atoms with van der Waals surface area (Å²) in [6.45, 7) is 3.79. The summed E-state index contributed by atoms with van der Waals surface area (Å²) in [6.07, 6.45) is -0.845. The second kappa shape index (κ2) is 4.23. The number of aliphatic hydroxyl groups is 1. The Morgan fingerprint density at radius 1 is 1.54 bits per heavy atom. The van der Waals surface area contributed by atoms with Crippen molar-refractivity contribution in [3.8, 4) is 5.75 Å². The van der Waals surface area contributed by atoms with Crippen molar-refractivity contribution in [1.82, 2.24) is 0 Å². The smallest absolute Gasteiger partial charge is 0.132 e. The largest absolute Gasteiger partial charge is 0.493 e. The molecule has 0 saturated heterocycles. The molecule has 2 nitrogen and oxygen atoms in total. The van der Waals surface area contributed by atoms with E-state index >= 15 is 0 Å². The first-order chi connectivity index (χ1) is 6.16. The Kier molecular flexibility index (Phi) is 3.25. The number of aliphatic hydroxyl groups excluding tert-OH is 1. The van der Waals surface area contributed by atoms with Gasteiger partial charge in [0.05, 0.1) is 18.3 Å². The fourth-order valence-electron chi connectivity index (χ4n) is 1.20. The number of hydrogen-bond donors (Lipinski definition) is 1. The van der Waals surface area contributed by atoms with Crippen LogP contribution in [0, 0.1) is 5.82 Å². The fourth-order valence-corrected chi connectivity index (χ4v) is 1.20. The quantitative estimate of drug-likeness (QED) is 0.780. The van der Waals surface area contributed by atoms with E-state index < -0.39 is 11.9 Å². The summed E-state index contributed by atoms with van der Waals surface area (Å²) in [5.74, 6) is -0.0153. The molecule has 0 spiro atoms. The first-order valence-corrected chi connectivity index (χ1v) is 4.26. The standard InChI is InChI=1S/C10H13FO2/c1-3-13-9-6-4-5-8(11)10(9)7(2)12/h4-7,12H,3H2,1-2H3. The van der Waals surface area contributed by atoms with Crippen molar-refractivity contribution in [2.45, 2.75) is 20.0 Å². The zero-order valence-corrected chi connectivity index (χ0v) is 7.75. The van der Waals surface area contributed by atoms with Crippen LogP contribution >= 0.6 is 0 Å². The van der Waals surface area contributed by atoms with E-state index in [1.54, 1.807) is 12.1 Å². The second-order valence-electron chi connectivity index (χ2n) is 2.76. The zero-order chi connectivity index (χ0) is 9.84. The van der Waals surface area contributed by atoms with Crippen LogP contribution in [-0.2, 0) is 0 Å². The van der Waals surface area contributed by atoms with E-state index in [0.717, 1.165) is 0 Å². The van der Waals surface area contributed by atoms with Crippen LogP contribution in [0.15, 0.2) is 18.2 Å². The molecule has 0 aliphatic carbocycles. The van der Waals surface area contributed by atoms with Crippen LogP contribution in [0.5, 0.6) is 5.75 Å². The van der Waals surface area contributed by atoms with Crippen LogP contribution in [-0.4, -0.2) is 11.7 Å². The second-order valence-corrected chi connectivity index (χ2v) is 2.76. The van der Waals surface area contributed by atoms with Crippen molar-refractivity contribution < 1.29 is 14.2 Å². The lowest BCUT2D eigenvalue weighted by Gasteiger charge is -2.12. The van der Waals surface area contributed by atoms with Crippen LogP contribution in [0.25, 0.3) is 0 Å². The van der Waals surface area contributed by atoms with Crippen LogP contribution in [0.1, 0.15) is 25.5 Å². The predicted octanol–water partition coefficient (Wildman–Crippen LogP) is 2.28. The van der Waals surface area contributed by atoms with E-state index in [4.69, 9.17) is 4.74 Å². The van der Waals surface area contributed by atoms with Gasteiger partial charge in [0.15, 0.2) is 0 Å². The van der Waals surface area contributed by atoms with E-state index in [-0.39, 0.29) is 5.56 Å². The zero-order valence-electron chi connectivity index (χ0n) is 7.75. The van der Waals surface area contributed by atoms with E-state index in [1.807, 2.05) is 6.92 Å². The van der Waals surface area contributed by atoms with Gasteiger partial charge in [0.2, 0.25) is 0 Å². The molecular formula is C10H13FO2. The molecule has 1 aromatic carbocycles. The molecule has 0 bridgehead atoms. The minimum atomic E-state index is -0.845. The number of ether oxygens (including phenoxy) is 1. The molecule has 0 aliphatic rings. The van der Waals surface area contributed by atoms with Crippen molar-refractivity contribution in [2.24, 2.45) is 0 Å². The minimum absolute atomic E-state index is 0.226. The summed E-state index contributed by atoms with van der Waals surface area (Å²) in [6, 6.07) is 4.52. The summed E-state index contributed by atoms with van der Waals surface area (Å²) >= 11 is 0. The molecule has 0 heterocycles. The van der Waals surface area contributed by atoms with Gasteiger partial charge in [-0.15, -0.1) is 0 Å². The van der Waals surface area contributed by atoms with Gasteiger partial charge in [-0.2, -0.15) is 0 Å². The van der Waals surface area contributed by atoms with Crippen LogP contribution in [0.4, 0.5) is 4.39 Å². The van der Waals surface area contributed by atoms with E-state index in [9.17, 15) is 9.50 Å². The molecule has 0 amide bonds. The lowest BCUT2D eigenvalue weighted by molar-refractivity contribution is 0.186. The van der Waals surface area contributed by atoms with Gasteiger partial charge in [-0.1, -0.05) is 6.07 Å². The number of hydrogen-bond acceptors (Lipinski definition) is 2.